The van der Waals surface area contributed by atoms with Gasteiger partial charge < -0.3 is 15.3 Å². The number of carbonyl (C=O) groups excluding carboxylic acids is 1. The van der Waals surface area contributed by atoms with Crippen LogP contribution in [-0.2, 0) is 6.54 Å². The molecule has 8 nitrogen and oxygen atoms in total. The topological polar surface area (TPSA) is 86.0 Å². The van der Waals surface area contributed by atoms with Gasteiger partial charge in [-0.3, -0.25) is 9.69 Å². The second kappa shape index (κ2) is 10.5. The molecule has 0 radical (unpaired) electrons. The summed E-state index contributed by atoms with van der Waals surface area (Å²) in [7, 11) is 0. The van der Waals surface area contributed by atoms with E-state index in [4.69, 9.17) is 5.10 Å². The molecule has 0 spiro atoms. The zero-order valence-electron chi connectivity index (χ0n) is 21.3. The Kier molecular flexibility index (Phi) is 6.86. The number of likely N-dealkylation sites (tertiary alicyclic amines) is 1. The van der Waals surface area contributed by atoms with E-state index in [0.717, 1.165) is 35.4 Å². The molecule has 0 aliphatic carbocycles. The minimum Gasteiger partial charge on any atom is -0.505 e. The van der Waals surface area contributed by atoms with Gasteiger partial charge in [-0.05, 0) is 72.7 Å². The molecule has 2 aliphatic rings. The Hall–Kier alpha value is -3.70. The summed E-state index contributed by atoms with van der Waals surface area (Å²) in [5, 5.41) is 17.4. The highest BCUT2D eigenvalue weighted by Gasteiger charge is 2.31. The van der Waals surface area contributed by atoms with Gasteiger partial charge in [-0.2, -0.15) is 0 Å². The standard InChI is InChI=1S/C28H28F2N6O2S/c1-39-25-7-5-18(29)12-20(25)22-3-2-10-35(22)27-9-8-26-31-13-23(36(26)33-27)28(38)32-19-15-34(16-19)14-17-4-6-21(30)24(37)11-17/h4-9,11-13,19,22,37H,2-3,10,14-16H2,1H3,(H,32,38). The van der Waals surface area contributed by atoms with Crippen LogP contribution in [0.15, 0.2) is 59.6 Å². The molecule has 39 heavy (non-hydrogen) atoms. The van der Waals surface area contributed by atoms with Crippen LogP contribution in [0.2, 0.25) is 0 Å². The summed E-state index contributed by atoms with van der Waals surface area (Å²) in [5.74, 6) is -0.804. The lowest BCUT2D eigenvalue weighted by atomic mass is 10.0. The van der Waals surface area contributed by atoms with Gasteiger partial charge in [0.25, 0.3) is 5.91 Å². The highest BCUT2D eigenvalue weighted by Crippen LogP contribution is 2.39. The van der Waals surface area contributed by atoms with Gasteiger partial charge in [0.1, 0.15) is 11.6 Å². The number of anilines is 1. The summed E-state index contributed by atoms with van der Waals surface area (Å²) in [5.41, 5.74) is 2.68. The molecule has 0 saturated carbocycles. The number of carbonyl (C=O) groups is 1. The summed E-state index contributed by atoms with van der Waals surface area (Å²) >= 11 is 1.60. The maximum atomic E-state index is 14.1. The van der Waals surface area contributed by atoms with Gasteiger partial charge >= 0.3 is 0 Å². The van der Waals surface area contributed by atoms with Gasteiger partial charge in [0.05, 0.1) is 18.3 Å². The molecule has 1 unspecified atom stereocenters. The molecular weight excluding hydrogens is 522 g/mol. The molecule has 6 rings (SSSR count). The number of fused-ring (bicyclic) bond motifs is 1. The third-order valence-corrected chi connectivity index (χ3v) is 8.20. The molecule has 2 saturated heterocycles. The number of benzene rings is 2. The molecule has 4 heterocycles. The first-order chi connectivity index (χ1) is 18.9. The van der Waals surface area contributed by atoms with E-state index in [9.17, 15) is 18.7 Å². The summed E-state index contributed by atoms with van der Waals surface area (Å²) in [6.45, 7) is 2.62. The number of phenols is 1. The summed E-state index contributed by atoms with van der Waals surface area (Å²) < 4.78 is 29.0. The van der Waals surface area contributed by atoms with Crippen LogP contribution in [-0.4, -0.2) is 62.4 Å². The number of phenolic OH excluding ortho intramolecular Hbond substituents is 1. The first-order valence-electron chi connectivity index (χ1n) is 12.8. The number of halogens is 2. The lowest BCUT2D eigenvalue weighted by molar-refractivity contribution is 0.0788. The number of nitrogens with zero attached hydrogens (tertiary/aromatic N) is 5. The van der Waals surface area contributed by atoms with Crippen molar-refractivity contribution in [1.29, 1.82) is 0 Å². The van der Waals surface area contributed by atoms with Gasteiger partial charge in [0, 0.05) is 31.1 Å². The number of hydrogen-bond donors (Lipinski definition) is 2. The third kappa shape index (κ3) is 5.04. The Bertz CT molecular complexity index is 1540. The van der Waals surface area contributed by atoms with E-state index in [1.165, 1.54) is 24.4 Å². The van der Waals surface area contributed by atoms with Crippen LogP contribution in [0, 0.1) is 11.6 Å². The molecule has 2 aromatic carbocycles. The average molecular weight is 551 g/mol. The van der Waals surface area contributed by atoms with Crippen molar-refractivity contribution in [3.05, 3.63) is 83.2 Å². The fraction of sp³-hybridized carbons (Fsp3) is 0.321. The molecule has 202 valence electrons. The summed E-state index contributed by atoms with van der Waals surface area (Å²) in [6, 6.07) is 12.9. The number of amides is 1. The molecule has 1 amide bonds. The zero-order valence-corrected chi connectivity index (χ0v) is 22.2. The number of nitrogens with one attached hydrogen (secondary N) is 1. The van der Waals surface area contributed by atoms with Gasteiger partial charge in [0.15, 0.2) is 22.9 Å². The molecule has 2 N–H and O–H groups in total. The van der Waals surface area contributed by atoms with Gasteiger partial charge in [-0.15, -0.1) is 16.9 Å². The van der Waals surface area contributed by atoms with Gasteiger partial charge in [-0.25, -0.2) is 18.3 Å². The van der Waals surface area contributed by atoms with Crippen molar-refractivity contribution in [2.24, 2.45) is 0 Å². The van der Waals surface area contributed by atoms with Gasteiger partial charge in [-0.1, -0.05) is 6.07 Å². The van der Waals surface area contributed by atoms with Crippen LogP contribution >= 0.6 is 11.8 Å². The Morgan fingerprint density at radius 1 is 1.15 bits per heavy atom. The number of rotatable bonds is 7. The second-order valence-electron chi connectivity index (χ2n) is 9.99. The van der Waals surface area contributed by atoms with E-state index >= 15 is 0 Å². The first-order valence-corrected chi connectivity index (χ1v) is 14.1. The Labute approximate surface area is 228 Å². The first kappa shape index (κ1) is 25.6. The molecule has 4 aromatic rings. The fourth-order valence-electron chi connectivity index (χ4n) is 5.47. The van der Waals surface area contributed by atoms with Crippen molar-refractivity contribution < 1.29 is 18.7 Å². The predicted octanol–water partition coefficient (Wildman–Crippen LogP) is 4.39. The molecule has 0 bridgehead atoms. The molecule has 1 atom stereocenters. The van der Waals surface area contributed by atoms with E-state index in [1.807, 2.05) is 24.5 Å². The van der Waals surface area contributed by atoms with Crippen LogP contribution in [0.1, 0.15) is 40.5 Å². The number of thioether (sulfide) groups is 1. The smallest absolute Gasteiger partial charge is 0.271 e. The Morgan fingerprint density at radius 2 is 2.00 bits per heavy atom. The number of hydrogen-bond acceptors (Lipinski definition) is 7. The Balaban J connectivity index is 1.15. The minimum absolute atomic E-state index is 0.00197. The quantitative estimate of drug-likeness (QED) is 0.330. The number of aromatic nitrogens is 3. The Morgan fingerprint density at radius 3 is 2.79 bits per heavy atom. The van der Waals surface area contributed by atoms with Gasteiger partial charge in [0.2, 0.25) is 0 Å². The van der Waals surface area contributed by atoms with Crippen LogP contribution < -0.4 is 10.2 Å². The predicted molar refractivity (Wildman–Crippen MR) is 145 cm³/mol. The third-order valence-electron chi connectivity index (χ3n) is 7.39. The second-order valence-corrected chi connectivity index (χ2v) is 10.8. The highest BCUT2D eigenvalue weighted by molar-refractivity contribution is 7.98. The molecule has 2 aromatic heterocycles. The van der Waals surface area contributed by atoms with Crippen LogP contribution in [0.4, 0.5) is 14.6 Å². The lowest BCUT2D eigenvalue weighted by Gasteiger charge is -2.39. The largest absolute Gasteiger partial charge is 0.505 e. The number of aromatic hydroxyl groups is 1. The fourth-order valence-corrected chi connectivity index (χ4v) is 6.10. The van der Waals surface area contributed by atoms with E-state index in [0.29, 0.717) is 36.8 Å². The minimum atomic E-state index is -0.642. The molecular formula is C28H28F2N6O2S. The van der Waals surface area contributed by atoms with Crippen LogP contribution in [0.25, 0.3) is 5.65 Å². The lowest BCUT2D eigenvalue weighted by Crippen LogP contribution is -2.58. The normalized spacial score (nSPS) is 18.0. The van der Waals surface area contributed by atoms with Crippen molar-refractivity contribution in [1.82, 2.24) is 24.8 Å². The van der Waals surface area contributed by atoms with E-state index in [2.05, 4.69) is 20.1 Å². The summed E-state index contributed by atoms with van der Waals surface area (Å²) in [6.07, 6.45) is 5.37. The van der Waals surface area contributed by atoms with Crippen molar-refractivity contribution >= 4 is 29.1 Å². The monoisotopic (exact) mass is 550 g/mol. The van der Waals surface area contributed by atoms with E-state index < -0.39 is 5.82 Å². The van der Waals surface area contributed by atoms with Crippen molar-refractivity contribution in [3.8, 4) is 5.75 Å². The van der Waals surface area contributed by atoms with Crippen LogP contribution in [0.3, 0.4) is 0 Å². The van der Waals surface area contributed by atoms with Crippen molar-refractivity contribution in [2.75, 3.05) is 30.8 Å². The van der Waals surface area contributed by atoms with E-state index in [1.54, 1.807) is 28.4 Å². The average Bonchev–Trinajstić information content (AvgIpc) is 3.56. The maximum absolute atomic E-state index is 14.1. The molecule has 2 aliphatic heterocycles. The SMILES string of the molecule is CSc1ccc(F)cc1C1CCCN1c1ccc2ncc(C(=O)NC3CN(Cc4ccc(F)c(O)c4)C3)n2n1. The van der Waals surface area contributed by atoms with Crippen LogP contribution in [0.5, 0.6) is 5.75 Å². The van der Waals surface area contributed by atoms with Crippen molar-refractivity contribution in [3.63, 3.8) is 0 Å². The number of imidazole rings is 1. The molecule has 2 fully saturated rings. The maximum Gasteiger partial charge on any atom is 0.271 e. The van der Waals surface area contributed by atoms with Crippen molar-refractivity contribution in [2.45, 2.75) is 36.4 Å². The van der Waals surface area contributed by atoms with E-state index in [-0.39, 0.29) is 29.6 Å². The molecule has 11 heteroatoms. The highest BCUT2D eigenvalue weighted by atomic mass is 32.2. The summed E-state index contributed by atoms with van der Waals surface area (Å²) in [4.78, 5) is 22.8. The zero-order chi connectivity index (χ0) is 27.1.